The fourth-order valence-corrected chi connectivity index (χ4v) is 4.04. The zero-order valence-electron chi connectivity index (χ0n) is 13.2. The maximum atomic E-state index is 12.8. The largest absolute Gasteiger partial charge is 0.481 e. The highest BCUT2D eigenvalue weighted by Crippen LogP contribution is 2.32. The van der Waals surface area contributed by atoms with Crippen LogP contribution in [-0.4, -0.2) is 34.5 Å². The molecule has 1 aliphatic heterocycles. The Hall–Kier alpha value is -1.06. The zero-order valence-corrected chi connectivity index (χ0v) is 13.2. The van der Waals surface area contributed by atoms with Gasteiger partial charge >= 0.3 is 5.97 Å². The molecule has 2 fully saturated rings. The number of carboxylic acids is 1. The van der Waals surface area contributed by atoms with E-state index in [9.17, 15) is 9.59 Å². The first-order chi connectivity index (χ1) is 10.1. The first-order valence-electron chi connectivity index (χ1n) is 8.64. The maximum absolute atomic E-state index is 12.8. The average molecular weight is 295 g/mol. The van der Waals surface area contributed by atoms with Crippen molar-refractivity contribution in [2.24, 2.45) is 11.8 Å². The van der Waals surface area contributed by atoms with Crippen LogP contribution in [0.5, 0.6) is 0 Å². The molecule has 2 atom stereocenters. The number of aliphatic carboxylic acids is 1. The topological polar surface area (TPSA) is 57.6 Å². The van der Waals surface area contributed by atoms with Crippen molar-refractivity contribution in [2.45, 2.75) is 77.2 Å². The Morgan fingerprint density at radius 1 is 1.14 bits per heavy atom. The van der Waals surface area contributed by atoms with E-state index < -0.39 is 5.97 Å². The minimum Gasteiger partial charge on any atom is -0.481 e. The molecule has 4 nitrogen and oxygen atoms in total. The fraction of sp³-hybridized carbons (Fsp3) is 0.882. The Balaban J connectivity index is 1.93. The van der Waals surface area contributed by atoms with Gasteiger partial charge in [0.2, 0.25) is 5.91 Å². The molecular formula is C17H29NO3. The summed E-state index contributed by atoms with van der Waals surface area (Å²) in [6.07, 6.45) is 10.3. The van der Waals surface area contributed by atoms with E-state index in [1.165, 1.54) is 32.1 Å². The van der Waals surface area contributed by atoms with Gasteiger partial charge in [-0.15, -0.1) is 0 Å². The van der Waals surface area contributed by atoms with E-state index in [0.717, 1.165) is 32.2 Å². The minimum absolute atomic E-state index is 0.0737. The van der Waals surface area contributed by atoms with Gasteiger partial charge in [0.1, 0.15) is 0 Å². The Morgan fingerprint density at radius 3 is 2.48 bits per heavy atom. The van der Waals surface area contributed by atoms with Gasteiger partial charge < -0.3 is 10.0 Å². The van der Waals surface area contributed by atoms with Crippen LogP contribution in [0.15, 0.2) is 0 Å². The number of rotatable bonds is 6. The Bertz CT molecular complexity index is 363. The molecule has 120 valence electrons. The molecule has 0 aromatic rings. The van der Waals surface area contributed by atoms with E-state index in [0.29, 0.717) is 5.92 Å². The van der Waals surface area contributed by atoms with Crippen molar-refractivity contribution in [1.82, 2.24) is 4.90 Å². The van der Waals surface area contributed by atoms with Crippen molar-refractivity contribution >= 4 is 11.9 Å². The second-order valence-electron chi connectivity index (χ2n) is 6.77. The summed E-state index contributed by atoms with van der Waals surface area (Å²) in [6.45, 7) is 2.84. The maximum Gasteiger partial charge on any atom is 0.305 e. The fourth-order valence-electron chi connectivity index (χ4n) is 4.04. The molecule has 1 aliphatic carbocycles. The number of carbonyl (C=O) groups is 2. The van der Waals surface area contributed by atoms with Crippen molar-refractivity contribution in [3.8, 4) is 0 Å². The second kappa shape index (κ2) is 7.81. The quantitative estimate of drug-likeness (QED) is 0.816. The Kier molecular flexibility index (Phi) is 6.07. The molecule has 2 aliphatic rings. The van der Waals surface area contributed by atoms with E-state index in [1.807, 2.05) is 4.90 Å². The van der Waals surface area contributed by atoms with Crippen molar-refractivity contribution in [1.29, 1.82) is 0 Å². The molecule has 0 bridgehead atoms. The lowest BCUT2D eigenvalue weighted by molar-refractivity contribution is -0.141. The molecule has 0 aromatic heterocycles. The molecule has 0 radical (unpaired) electrons. The van der Waals surface area contributed by atoms with Crippen LogP contribution in [0.3, 0.4) is 0 Å². The molecule has 2 unspecified atom stereocenters. The van der Waals surface area contributed by atoms with Gasteiger partial charge in [-0.2, -0.15) is 0 Å². The summed E-state index contributed by atoms with van der Waals surface area (Å²) >= 11 is 0. The Labute approximate surface area is 127 Å². The molecule has 21 heavy (non-hydrogen) atoms. The molecular weight excluding hydrogens is 266 g/mol. The molecule has 1 saturated carbocycles. The van der Waals surface area contributed by atoms with Crippen molar-refractivity contribution in [2.75, 3.05) is 6.54 Å². The first-order valence-corrected chi connectivity index (χ1v) is 8.64. The molecule has 2 rings (SSSR count). The highest BCUT2D eigenvalue weighted by atomic mass is 16.4. The summed E-state index contributed by atoms with van der Waals surface area (Å²) in [6, 6.07) is -0.0737. The summed E-state index contributed by atoms with van der Waals surface area (Å²) in [5, 5.41) is 8.99. The van der Waals surface area contributed by atoms with Gasteiger partial charge in [-0.05, 0) is 31.6 Å². The van der Waals surface area contributed by atoms with E-state index >= 15 is 0 Å². The van der Waals surface area contributed by atoms with Gasteiger partial charge in [-0.1, -0.05) is 39.0 Å². The number of amides is 1. The first kappa shape index (κ1) is 16.3. The highest BCUT2D eigenvalue weighted by Gasteiger charge is 2.34. The molecule has 0 spiro atoms. The van der Waals surface area contributed by atoms with Crippen molar-refractivity contribution in [3.05, 3.63) is 0 Å². The third kappa shape index (κ3) is 4.45. The minimum atomic E-state index is -0.792. The highest BCUT2D eigenvalue weighted by molar-refractivity contribution is 5.80. The number of hydrogen-bond donors (Lipinski definition) is 1. The molecule has 1 amide bonds. The van der Waals surface area contributed by atoms with Crippen LogP contribution in [0.4, 0.5) is 0 Å². The van der Waals surface area contributed by atoms with Crippen LogP contribution < -0.4 is 0 Å². The number of likely N-dealkylation sites (tertiary alicyclic amines) is 1. The van der Waals surface area contributed by atoms with Gasteiger partial charge in [0.05, 0.1) is 6.42 Å². The third-order valence-corrected chi connectivity index (χ3v) is 5.26. The van der Waals surface area contributed by atoms with Crippen molar-refractivity contribution in [3.63, 3.8) is 0 Å². The molecule has 1 heterocycles. The summed E-state index contributed by atoms with van der Waals surface area (Å²) in [5.41, 5.74) is 0. The third-order valence-electron chi connectivity index (χ3n) is 5.26. The van der Waals surface area contributed by atoms with E-state index in [2.05, 4.69) is 6.92 Å². The summed E-state index contributed by atoms with van der Waals surface area (Å²) < 4.78 is 0. The molecule has 1 saturated heterocycles. The van der Waals surface area contributed by atoms with Crippen LogP contribution in [0, 0.1) is 11.8 Å². The van der Waals surface area contributed by atoms with Gasteiger partial charge in [0, 0.05) is 18.5 Å². The normalized spacial score (nSPS) is 25.0. The van der Waals surface area contributed by atoms with Crippen LogP contribution in [0.2, 0.25) is 0 Å². The van der Waals surface area contributed by atoms with Crippen molar-refractivity contribution < 1.29 is 14.7 Å². The van der Waals surface area contributed by atoms with E-state index in [4.69, 9.17) is 5.11 Å². The van der Waals surface area contributed by atoms with Gasteiger partial charge in [-0.25, -0.2) is 0 Å². The van der Waals surface area contributed by atoms with Crippen LogP contribution >= 0.6 is 0 Å². The Morgan fingerprint density at radius 2 is 1.86 bits per heavy atom. The van der Waals surface area contributed by atoms with Gasteiger partial charge in [-0.3, -0.25) is 9.59 Å². The zero-order chi connectivity index (χ0) is 15.2. The van der Waals surface area contributed by atoms with Crippen LogP contribution in [0.1, 0.15) is 71.1 Å². The summed E-state index contributed by atoms with van der Waals surface area (Å²) in [5.74, 6) is 0.225. The molecule has 1 N–H and O–H groups in total. The predicted molar refractivity (Wildman–Crippen MR) is 82.0 cm³/mol. The average Bonchev–Trinajstić information content (AvgIpc) is 2.92. The van der Waals surface area contributed by atoms with Crippen LogP contribution in [0.25, 0.3) is 0 Å². The second-order valence-corrected chi connectivity index (χ2v) is 6.77. The number of carbonyl (C=O) groups excluding carboxylic acids is 1. The van der Waals surface area contributed by atoms with Crippen LogP contribution in [-0.2, 0) is 9.59 Å². The smallest absolute Gasteiger partial charge is 0.305 e. The monoisotopic (exact) mass is 295 g/mol. The lowest BCUT2D eigenvalue weighted by atomic mass is 9.81. The molecule has 4 heteroatoms. The number of carboxylic acid groups (broad SMARTS) is 1. The SMILES string of the molecule is CCC(CC1CCCCC1)C(=O)N1CCCC1CC(=O)O. The van der Waals surface area contributed by atoms with E-state index in [1.54, 1.807) is 0 Å². The number of hydrogen-bond acceptors (Lipinski definition) is 2. The van der Waals surface area contributed by atoms with E-state index in [-0.39, 0.29) is 24.3 Å². The van der Waals surface area contributed by atoms with Gasteiger partial charge in [0.15, 0.2) is 0 Å². The number of nitrogens with zero attached hydrogens (tertiary/aromatic N) is 1. The lowest BCUT2D eigenvalue weighted by Crippen LogP contribution is -2.41. The predicted octanol–water partition coefficient (Wildman–Crippen LogP) is 3.45. The summed E-state index contributed by atoms with van der Waals surface area (Å²) in [7, 11) is 0. The molecule has 0 aromatic carbocycles. The van der Waals surface area contributed by atoms with Gasteiger partial charge in [0.25, 0.3) is 0 Å². The standard InChI is InChI=1S/C17H29NO3/c1-2-14(11-13-7-4-3-5-8-13)17(21)18-10-6-9-15(18)12-16(19)20/h13-15H,2-12H2,1H3,(H,19,20). The summed E-state index contributed by atoms with van der Waals surface area (Å²) in [4.78, 5) is 25.6. The lowest BCUT2D eigenvalue weighted by Gasteiger charge is -2.31.